The summed E-state index contributed by atoms with van der Waals surface area (Å²) in [6.45, 7) is 4.79. The molecule has 1 saturated heterocycles. The van der Waals surface area contributed by atoms with Crippen molar-refractivity contribution in [2.45, 2.75) is 95.6 Å². The van der Waals surface area contributed by atoms with Crippen LogP contribution in [0.1, 0.15) is 90.4 Å². The highest BCUT2D eigenvalue weighted by Crippen LogP contribution is 2.24. The molecule has 2 heteroatoms. The highest BCUT2D eigenvalue weighted by molar-refractivity contribution is 7.99. The lowest BCUT2D eigenvalue weighted by molar-refractivity contribution is 0.536. The third kappa shape index (κ3) is 11.0. The quantitative estimate of drug-likeness (QED) is 0.432. The van der Waals surface area contributed by atoms with Crippen molar-refractivity contribution >= 4 is 11.8 Å². The second-order valence-electron chi connectivity index (χ2n) is 6.37. The molecule has 0 aromatic carbocycles. The number of hydrogen-bond donors (Lipinski definition) is 1. The molecule has 0 bridgehead atoms. The van der Waals surface area contributed by atoms with Crippen LogP contribution in [0.4, 0.5) is 0 Å². The summed E-state index contributed by atoms with van der Waals surface area (Å²) >= 11 is 2.18. The van der Waals surface area contributed by atoms with Gasteiger partial charge >= 0.3 is 0 Å². The van der Waals surface area contributed by atoms with Gasteiger partial charge in [0, 0.05) is 11.8 Å². The van der Waals surface area contributed by atoms with Crippen molar-refractivity contribution in [1.29, 1.82) is 0 Å². The van der Waals surface area contributed by atoms with Gasteiger partial charge in [-0.1, -0.05) is 71.1 Å². The maximum atomic E-state index is 3.66. The summed E-state index contributed by atoms with van der Waals surface area (Å²) in [7, 11) is 0. The van der Waals surface area contributed by atoms with Crippen LogP contribution in [0.15, 0.2) is 0 Å². The molecule has 1 nitrogen and oxygen atoms in total. The van der Waals surface area contributed by atoms with Gasteiger partial charge in [0.2, 0.25) is 0 Å². The van der Waals surface area contributed by atoms with E-state index in [-0.39, 0.29) is 0 Å². The smallest absolute Gasteiger partial charge is 0.0172 e. The molecule has 0 aromatic heterocycles. The van der Waals surface area contributed by atoms with Gasteiger partial charge in [-0.3, -0.25) is 0 Å². The van der Waals surface area contributed by atoms with E-state index in [2.05, 4.69) is 24.0 Å². The molecular weight excluding hydrogens is 262 g/mol. The molecule has 1 fully saturated rings. The van der Waals surface area contributed by atoms with Crippen molar-refractivity contribution in [3.63, 3.8) is 0 Å². The average molecular weight is 300 g/mol. The maximum absolute atomic E-state index is 3.66. The SMILES string of the molecule is CCCCCCCCCCCCNCC1CCCCS1. The summed E-state index contributed by atoms with van der Waals surface area (Å²) in [6, 6.07) is 0. The average Bonchev–Trinajstić information content (AvgIpc) is 2.49. The van der Waals surface area contributed by atoms with Crippen LogP contribution in [0.2, 0.25) is 0 Å². The molecule has 0 amide bonds. The van der Waals surface area contributed by atoms with Gasteiger partial charge in [0.25, 0.3) is 0 Å². The Morgan fingerprint density at radius 1 is 0.850 bits per heavy atom. The summed E-state index contributed by atoms with van der Waals surface area (Å²) in [5.41, 5.74) is 0. The van der Waals surface area contributed by atoms with Crippen molar-refractivity contribution in [3.05, 3.63) is 0 Å². The van der Waals surface area contributed by atoms with Gasteiger partial charge in [0.15, 0.2) is 0 Å². The van der Waals surface area contributed by atoms with Gasteiger partial charge in [-0.05, 0) is 31.6 Å². The van der Waals surface area contributed by atoms with Gasteiger partial charge in [-0.15, -0.1) is 0 Å². The van der Waals surface area contributed by atoms with Crippen molar-refractivity contribution in [2.75, 3.05) is 18.8 Å². The molecule has 1 rings (SSSR count). The zero-order chi connectivity index (χ0) is 14.3. The standard InChI is InChI=1S/C18H37NS/c1-2-3-4-5-6-7-8-9-10-12-15-19-17-18-14-11-13-16-20-18/h18-19H,2-17H2,1H3. The zero-order valence-electron chi connectivity index (χ0n) is 13.8. The highest BCUT2D eigenvalue weighted by atomic mass is 32.2. The van der Waals surface area contributed by atoms with Crippen molar-refractivity contribution in [1.82, 2.24) is 5.32 Å². The fourth-order valence-electron chi connectivity index (χ4n) is 2.97. The van der Waals surface area contributed by atoms with Crippen LogP contribution in [0.3, 0.4) is 0 Å². The Balaban J connectivity index is 1.70. The van der Waals surface area contributed by atoms with Crippen molar-refractivity contribution in [2.24, 2.45) is 0 Å². The largest absolute Gasteiger partial charge is 0.316 e. The Kier molecular flexibility index (Phi) is 13.1. The Morgan fingerprint density at radius 2 is 1.50 bits per heavy atom. The Bertz CT molecular complexity index is 190. The minimum absolute atomic E-state index is 0.909. The van der Waals surface area contributed by atoms with E-state index >= 15 is 0 Å². The van der Waals surface area contributed by atoms with Gasteiger partial charge in [-0.25, -0.2) is 0 Å². The topological polar surface area (TPSA) is 12.0 Å². The van der Waals surface area contributed by atoms with E-state index in [1.54, 1.807) is 0 Å². The fourth-order valence-corrected chi connectivity index (χ4v) is 4.24. The van der Waals surface area contributed by atoms with E-state index in [0.29, 0.717) is 0 Å². The van der Waals surface area contributed by atoms with Crippen LogP contribution in [-0.4, -0.2) is 24.1 Å². The molecule has 0 aromatic rings. The third-order valence-corrected chi connectivity index (χ3v) is 5.75. The van der Waals surface area contributed by atoms with Crippen LogP contribution in [0, 0.1) is 0 Å². The van der Waals surface area contributed by atoms with Crippen LogP contribution in [-0.2, 0) is 0 Å². The number of rotatable bonds is 13. The monoisotopic (exact) mass is 299 g/mol. The van der Waals surface area contributed by atoms with Crippen LogP contribution in [0.5, 0.6) is 0 Å². The summed E-state index contributed by atoms with van der Waals surface area (Å²) in [5.74, 6) is 1.39. The molecule has 20 heavy (non-hydrogen) atoms. The van der Waals surface area contributed by atoms with Crippen molar-refractivity contribution in [3.8, 4) is 0 Å². The van der Waals surface area contributed by atoms with Gasteiger partial charge in [0.05, 0.1) is 0 Å². The first-order chi connectivity index (χ1) is 9.93. The lowest BCUT2D eigenvalue weighted by Gasteiger charge is -2.21. The summed E-state index contributed by atoms with van der Waals surface area (Å²) in [5, 5.41) is 4.57. The molecule has 1 atom stereocenters. The highest BCUT2D eigenvalue weighted by Gasteiger charge is 2.12. The molecular formula is C18H37NS. The molecule has 0 aliphatic carbocycles. The summed E-state index contributed by atoms with van der Waals surface area (Å²) < 4.78 is 0. The van der Waals surface area contributed by atoms with Gasteiger partial charge < -0.3 is 5.32 Å². The van der Waals surface area contributed by atoms with Crippen molar-refractivity contribution < 1.29 is 0 Å². The lowest BCUT2D eigenvalue weighted by Crippen LogP contribution is -2.27. The van der Waals surface area contributed by atoms with E-state index in [4.69, 9.17) is 0 Å². The molecule has 1 heterocycles. The van der Waals surface area contributed by atoms with E-state index < -0.39 is 0 Å². The molecule has 0 saturated carbocycles. The number of thioether (sulfide) groups is 1. The van der Waals surface area contributed by atoms with E-state index in [0.717, 1.165) is 5.25 Å². The predicted molar refractivity (Wildman–Crippen MR) is 94.8 cm³/mol. The molecule has 1 unspecified atom stereocenters. The maximum Gasteiger partial charge on any atom is 0.0172 e. The lowest BCUT2D eigenvalue weighted by atomic mass is 10.1. The molecule has 0 spiro atoms. The molecule has 1 N–H and O–H groups in total. The summed E-state index contributed by atoms with van der Waals surface area (Å²) in [6.07, 6.45) is 18.7. The fraction of sp³-hybridized carbons (Fsp3) is 1.00. The second-order valence-corrected chi connectivity index (χ2v) is 7.78. The van der Waals surface area contributed by atoms with E-state index in [9.17, 15) is 0 Å². The summed E-state index contributed by atoms with van der Waals surface area (Å²) in [4.78, 5) is 0. The van der Waals surface area contributed by atoms with Gasteiger partial charge in [0.1, 0.15) is 0 Å². The Morgan fingerprint density at radius 3 is 2.10 bits per heavy atom. The van der Waals surface area contributed by atoms with E-state index in [1.807, 2.05) is 0 Å². The normalized spacial score (nSPS) is 19.4. The van der Waals surface area contributed by atoms with Crippen LogP contribution in [0.25, 0.3) is 0 Å². The first-order valence-electron chi connectivity index (χ1n) is 9.26. The van der Waals surface area contributed by atoms with Crippen LogP contribution >= 0.6 is 11.8 Å². The first-order valence-corrected chi connectivity index (χ1v) is 10.3. The Hall–Kier alpha value is 0.310. The van der Waals surface area contributed by atoms with Gasteiger partial charge in [-0.2, -0.15) is 11.8 Å². The second kappa shape index (κ2) is 14.3. The first kappa shape index (κ1) is 18.4. The number of unbranched alkanes of at least 4 members (excludes halogenated alkanes) is 9. The van der Waals surface area contributed by atoms with Crippen LogP contribution < -0.4 is 5.32 Å². The zero-order valence-corrected chi connectivity index (χ0v) is 14.6. The molecule has 0 radical (unpaired) electrons. The minimum Gasteiger partial charge on any atom is -0.316 e. The number of nitrogens with one attached hydrogen (secondary N) is 1. The minimum atomic E-state index is 0.909. The molecule has 1 aliphatic rings. The van der Waals surface area contributed by atoms with E-state index in [1.165, 1.54) is 102 Å². The number of hydrogen-bond acceptors (Lipinski definition) is 2. The Labute approximate surface area is 132 Å². The predicted octanol–water partition coefficient (Wildman–Crippen LogP) is 5.78. The molecule has 1 aliphatic heterocycles. The molecule has 120 valence electrons. The third-order valence-electron chi connectivity index (χ3n) is 4.35.